The Kier molecular flexibility index (Phi) is 3.76. The number of halogens is 3. The van der Waals surface area contributed by atoms with Crippen molar-refractivity contribution in [2.75, 3.05) is 18.5 Å². The van der Waals surface area contributed by atoms with Crippen LogP contribution in [0.5, 0.6) is 0 Å². The number of alkyl halides is 3. The number of hydrogen-bond acceptors (Lipinski definition) is 2. The molecule has 2 rings (SSSR count). The molecule has 1 aromatic rings. The summed E-state index contributed by atoms with van der Waals surface area (Å²) in [5.74, 6) is 0. The first-order chi connectivity index (χ1) is 8.88. The van der Waals surface area contributed by atoms with Gasteiger partial charge in [0, 0.05) is 24.3 Å². The van der Waals surface area contributed by atoms with E-state index in [1.807, 2.05) is 14.0 Å². The van der Waals surface area contributed by atoms with Crippen LogP contribution < -0.4 is 10.2 Å². The molecule has 2 nitrogen and oxygen atoms in total. The Morgan fingerprint density at radius 1 is 1.42 bits per heavy atom. The minimum atomic E-state index is -4.28. The van der Waals surface area contributed by atoms with Crippen LogP contribution in [0, 0.1) is 0 Å². The number of anilines is 1. The van der Waals surface area contributed by atoms with Gasteiger partial charge in [-0.15, -0.1) is 0 Å². The maximum Gasteiger partial charge on any atom is 0.416 e. The smallest absolute Gasteiger partial charge is 0.367 e. The summed E-state index contributed by atoms with van der Waals surface area (Å²) in [5, 5.41) is 3.19. The highest BCUT2D eigenvalue weighted by molar-refractivity contribution is 5.61. The van der Waals surface area contributed by atoms with Gasteiger partial charge in [0.2, 0.25) is 0 Å². The normalized spacial score (nSPS) is 20.5. The predicted octanol–water partition coefficient (Wildman–Crippen LogP) is 3.06. The van der Waals surface area contributed by atoms with Crippen molar-refractivity contribution in [1.29, 1.82) is 0 Å². The van der Waals surface area contributed by atoms with Gasteiger partial charge in [-0.1, -0.05) is 6.07 Å². The van der Waals surface area contributed by atoms with Gasteiger partial charge in [0.1, 0.15) is 0 Å². The van der Waals surface area contributed by atoms with Gasteiger partial charge in [-0.3, -0.25) is 0 Å². The Labute approximate surface area is 111 Å². The van der Waals surface area contributed by atoms with Gasteiger partial charge in [0.15, 0.2) is 0 Å². The van der Waals surface area contributed by atoms with Gasteiger partial charge >= 0.3 is 6.18 Å². The zero-order valence-corrected chi connectivity index (χ0v) is 11.4. The van der Waals surface area contributed by atoms with Crippen molar-refractivity contribution in [2.24, 2.45) is 0 Å². The van der Waals surface area contributed by atoms with E-state index in [0.29, 0.717) is 6.54 Å². The van der Waals surface area contributed by atoms with Gasteiger partial charge < -0.3 is 10.2 Å². The zero-order valence-electron chi connectivity index (χ0n) is 11.4. The van der Waals surface area contributed by atoms with Gasteiger partial charge in [-0.25, -0.2) is 0 Å². The van der Waals surface area contributed by atoms with Crippen LogP contribution in [-0.2, 0) is 12.6 Å². The SMILES string of the molecule is CCN1c2cc(C(F)(F)F)ccc2CC1C(C)NC. The fraction of sp³-hybridized carbons (Fsp3) is 0.571. The first-order valence-electron chi connectivity index (χ1n) is 6.52. The van der Waals surface area contributed by atoms with Crippen molar-refractivity contribution in [3.63, 3.8) is 0 Å². The third-order valence-electron chi connectivity index (χ3n) is 3.92. The Balaban J connectivity index is 2.37. The number of likely N-dealkylation sites (N-methyl/N-ethyl adjacent to an activating group) is 2. The summed E-state index contributed by atoms with van der Waals surface area (Å²) in [6.45, 7) is 4.75. The van der Waals surface area contributed by atoms with Crippen molar-refractivity contribution >= 4 is 5.69 Å². The van der Waals surface area contributed by atoms with E-state index in [4.69, 9.17) is 0 Å². The number of fused-ring (bicyclic) bond motifs is 1. The summed E-state index contributed by atoms with van der Waals surface area (Å²) in [4.78, 5) is 2.06. The number of benzene rings is 1. The molecule has 0 saturated heterocycles. The van der Waals surface area contributed by atoms with Crippen LogP contribution in [0.1, 0.15) is 25.0 Å². The summed E-state index contributed by atoms with van der Waals surface area (Å²) in [5.41, 5.74) is 1.16. The molecule has 0 saturated carbocycles. The molecule has 0 amide bonds. The lowest BCUT2D eigenvalue weighted by Gasteiger charge is -2.30. The standard InChI is InChI=1S/C14H19F3N2/c1-4-19-12(9(2)18-3)7-10-5-6-11(8-13(10)19)14(15,16)17/h5-6,8-9,12,18H,4,7H2,1-3H3. The molecular formula is C14H19F3N2. The number of nitrogens with zero attached hydrogens (tertiary/aromatic N) is 1. The molecule has 0 radical (unpaired) electrons. The van der Waals surface area contributed by atoms with Gasteiger partial charge in [-0.05, 0) is 45.0 Å². The zero-order chi connectivity index (χ0) is 14.2. The second kappa shape index (κ2) is 5.04. The molecule has 1 heterocycles. The molecule has 2 unspecified atom stereocenters. The highest BCUT2D eigenvalue weighted by atomic mass is 19.4. The monoisotopic (exact) mass is 272 g/mol. The summed E-state index contributed by atoms with van der Waals surface area (Å²) in [6, 6.07) is 4.53. The fourth-order valence-electron chi connectivity index (χ4n) is 2.74. The van der Waals surface area contributed by atoms with E-state index in [1.165, 1.54) is 12.1 Å². The third kappa shape index (κ3) is 2.56. The molecular weight excluding hydrogens is 253 g/mol. The second-order valence-electron chi connectivity index (χ2n) is 4.98. The van der Waals surface area contributed by atoms with E-state index in [9.17, 15) is 13.2 Å². The molecule has 19 heavy (non-hydrogen) atoms. The highest BCUT2D eigenvalue weighted by Gasteiger charge is 2.36. The van der Waals surface area contributed by atoms with Crippen molar-refractivity contribution in [1.82, 2.24) is 5.32 Å². The first kappa shape index (κ1) is 14.2. The molecule has 5 heteroatoms. The van der Waals surface area contributed by atoms with E-state index >= 15 is 0 Å². The van der Waals surface area contributed by atoms with Gasteiger partial charge in [0.25, 0.3) is 0 Å². The molecule has 2 atom stereocenters. The molecule has 1 aliphatic rings. The lowest BCUT2D eigenvalue weighted by molar-refractivity contribution is -0.137. The molecule has 0 bridgehead atoms. The van der Waals surface area contributed by atoms with Gasteiger partial charge in [0.05, 0.1) is 5.56 Å². The van der Waals surface area contributed by atoms with Crippen LogP contribution in [0.25, 0.3) is 0 Å². The van der Waals surface area contributed by atoms with Crippen molar-refractivity contribution in [2.45, 2.75) is 38.5 Å². The quantitative estimate of drug-likeness (QED) is 0.909. The van der Waals surface area contributed by atoms with Crippen molar-refractivity contribution in [3.8, 4) is 0 Å². The van der Waals surface area contributed by atoms with Crippen LogP contribution in [0.15, 0.2) is 18.2 Å². The molecule has 1 aromatic carbocycles. The van der Waals surface area contributed by atoms with Crippen molar-refractivity contribution < 1.29 is 13.2 Å². The van der Waals surface area contributed by atoms with Crippen LogP contribution in [0.3, 0.4) is 0 Å². The van der Waals surface area contributed by atoms with E-state index in [0.717, 1.165) is 17.7 Å². The third-order valence-corrected chi connectivity index (χ3v) is 3.92. The number of rotatable bonds is 3. The van der Waals surface area contributed by atoms with Crippen molar-refractivity contribution in [3.05, 3.63) is 29.3 Å². The van der Waals surface area contributed by atoms with E-state index in [-0.39, 0.29) is 12.1 Å². The summed E-state index contributed by atoms with van der Waals surface area (Å²) >= 11 is 0. The number of nitrogens with one attached hydrogen (secondary N) is 1. The predicted molar refractivity (Wildman–Crippen MR) is 70.5 cm³/mol. The number of hydrogen-bond donors (Lipinski definition) is 1. The summed E-state index contributed by atoms with van der Waals surface area (Å²) in [7, 11) is 1.88. The minimum Gasteiger partial charge on any atom is -0.367 e. The van der Waals surface area contributed by atoms with Crippen LogP contribution in [0.4, 0.5) is 18.9 Å². The Morgan fingerprint density at radius 3 is 2.63 bits per heavy atom. The fourth-order valence-corrected chi connectivity index (χ4v) is 2.74. The Hall–Kier alpha value is -1.23. The van der Waals surface area contributed by atoms with Gasteiger partial charge in [-0.2, -0.15) is 13.2 Å². The van der Waals surface area contributed by atoms with Crippen LogP contribution in [0.2, 0.25) is 0 Å². The molecule has 1 N–H and O–H groups in total. The maximum absolute atomic E-state index is 12.8. The van der Waals surface area contributed by atoms with E-state index < -0.39 is 11.7 Å². The minimum absolute atomic E-state index is 0.216. The maximum atomic E-state index is 12.8. The molecule has 0 fully saturated rings. The topological polar surface area (TPSA) is 15.3 Å². The second-order valence-corrected chi connectivity index (χ2v) is 4.98. The highest BCUT2D eigenvalue weighted by Crippen LogP contribution is 2.38. The van der Waals surface area contributed by atoms with E-state index in [2.05, 4.69) is 17.1 Å². The molecule has 0 aliphatic carbocycles. The molecule has 0 aromatic heterocycles. The molecule has 106 valence electrons. The Bertz CT molecular complexity index is 456. The van der Waals surface area contributed by atoms with E-state index in [1.54, 1.807) is 6.07 Å². The molecule has 1 aliphatic heterocycles. The lowest BCUT2D eigenvalue weighted by Crippen LogP contribution is -2.46. The largest absolute Gasteiger partial charge is 0.416 e. The summed E-state index contributed by atoms with van der Waals surface area (Å²) < 4.78 is 38.3. The Morgan fingerprint density at radius 2 is 2.11 bits per heavy atom. The average Bonchev–Trinajstić information content (AvgIpc) is 2.74. The van der Waals surface area contributed by atoms with Crippen LogP contribution in [-0.4, -0.2) is 25.7 Å². The summed E-state index contributed by atoms with van der Waals surface area (Å²) in [6.07, 6.45) is -3.48. The molecule has 0 spiro atoms. The average molecular weight is 272 g/mol. The van der Waals surface area contributed by atoms with Crippen LogP contribution >= 0.6 is 0 Å². The lowest BCUT2D eigenvalue weighted by atomic mass is 10.0. The first-order valence-corrected chi connectivity index (χ1v) is 6.52.